The predicted octanol–water partition coefficient (Wildman–Crippen LogP) is 5.30. The summed E-state index contributed by atoms with van der Waals surface area (Å²) in [5.74, 6) is 0.210. The summed E-state index contributed by atoms with van der Waals surface area (Å²) in [6, 6.07) is 10.9. The molecule has 0 saturated heterocycles. The number of rotatable bonds is 9. The number of fused-ring (bicyclic) bond motifs is 1. The van der Waals surface area contributed by atoms with Gasteiger partial charge in [-0.15, -0.1) is 0 Å². The van der Waals surface area contributed by atoms with Gasteiger partial charge in [0.1, 0.15) is 33.8 Å². The van der Waals surface area contributed by atoms with E-state index < -0.39 is 27.4 Å². The molecule has 2 aromatic carbocycles. The second-order valence-corrected chi connectivity index (χ2v) is 14.0. The van der Waals surface area contributed by atoms with Gasteiger partial charge in [0, 0.05) is 42.8 Å². The molecule has 1 unspecified atom stereocenters. The molecule has 0 saturated carbocycles. The van der Waals surface area contributed by atoms with Crippen molar-refractivity contribution in [2.24, 2.45) is 0 Å². The number of anilines is 1. The molecule has 0 radical (unpaired) electrons. The van der Waals surface area contributed by atoms with Gasteiger partial charge in [0.25, 0.3) is 5.91 Å². The zero-order valence-electron chi connectivity index (χ0n) is 24.4. The predicted molar refractivity (Wildman–Crippen MR) is 158 cm³/mol. The van der Waals surface area contributed by atoms with Crippen molar-refractivity contribution in [3.05, 3.63) is 58.6 Å². The van der Waals surface area contributed by atoms with Crippen LogP contribution in [0.4, 0.5) is 9.93 Å². The minimum atomic E-state index is -3.57. The van der Waals surface area contributed by atoms with E-state index in [9.17, 15) is 18.0 Å². The maximum Gasteiger partial charge on any atom is 0.410 e. The fourth-order valence-corrected chi connectivity index (χ4v) is 6.02. The number of para-hydroxylation sites is 1. The first kappa shape index (κ1) is 31.3. The van der Waals surface area contributed by atoms with E-state index in [1.807, 2.05) is 27.7 Å². The van der Waals surface area contributed by atoms with E-state index in [0.717, 1.165) is 16.8 Å². The lowest BCUT2D eigenvalue weighted by molar-refractivity contribution is 0.0225. The van der Waals surface area contributed by atoms with Crippen molar-refractivity contribution >= 4 is 38.3 Å². The number of amides is 2. The van der Waals surface area contributed by atoms with Crippen molar-refractivity contribution in [3.8, 4) is 17.2 Å². The van der Waals surface area contributed by atoms with Crippen LogP contribution in [0.15, 0.2) is 47.4 Å². The van der Waals surface area contributed by atoms with Gasteiger partial charge in [-0.25, -0.2) is 18.2 Å². The topological polar surface area (TPSA) is 133 Å². The van der Waals surface area contributed by atoms with Crippen molar-refractivity contribution in [3.63, 3.8) is 0 Å². The summed E-state index contributed by atoms with van der Waals surface area (Å²) in [6.07, 6.45) is 0.916. The molecule has 42 heavy (non-hydrogen) atoms. The molecule has 0 aliphatic carbocycles. The molecule has 226 valence electrons. The van der Waals surface area contributed by atoms with Gasteiger partial charge >= 0.3 is 6.09 Å². The van der Waals surface area contributed by atoms with Crippen LogP contribution in [0.3, 0.4) is 0 Å². The molecule has 0 spiro atoms. The van der Waals surface area contributed by atoms with Crippen LogP contribution in [0.1, 0.15) is 48.6 Å². The smallest absolute Gasteiger partial charge is 0.410 e. The Hall–Kier alpha value is -3.68. The molecule has 2 heterocycles. The number of benzene rings is 2. The van der Waals surface area contributed by atoms with E-state index >= 15 is 0 Å². The van der Waals surface area contributed by atoms with Gasteiger partial charge in [0.2, 0.25) is 0 Å². The zero-order chi connectivity index (χ0) is 30.7. The van der Waals surface area contributed by atoms with Crippen LogP contribution in [0.25, 0.3) is 0 Å². The molecular weight excluding hydrogens is 582 g/mol. The summed E-state index contributed by atoms with van der Waals surface area (Å²) >= 11 is 1.29. The van der Waals surface area contributed by atoms with Crippen LogP contribution < -0.4 is 14.8 Å². The Morgan fingerprint density at radius 1 is 1.14 bits per heavy atom. The minimum Gasteiger partial charge on any atom is -0.488 e. The summed E-state index contributed by atoms with van der Waals surface area (Å²) in [5, 5.41) is 3.22. The normalized spacial score (nSPS) is 14.1. The van der Waals surface area contributed by atoms with Gasteiger partial charge in [-0.1, -0.05) is 23.5 Å². The molecule has 0 fully saturated rings. The van der Waals surface area contributed by atoms with Gasteiger partial charge in [-0.3, -0.25) is 10.1 Å². The Bertz CT molecular complexity index is 1560. The highest BCUT2D eigenvalue weighted by atomic mass is 32.2. The van der Waals surface area contributed by atoms with Gasteiger partial charge < -0.3 is 23.8 Å². The Morgan fingerprint density at radius 2 is 1.86 bits per heavy atom. The van der Waals surface area contributed by atoms with Gasteiger partial charge in [0.05, 0.1) is 18.8 Å². The first-order valence-corrected chi connectivity index (χ1v) is 16.0. The number of carbonyl (C=O) groups excluding carboxylic acids is 2. The number of methoxy groups -OCH3 is 1. The Morgan fingerprint density at radius 3 is 2.55 bits per heavy atom. The summed E-state index contributed by atoms with van der Waals surface area (Å²) in [5.41, 5.74) is 0.439. The van der Waals surface area contributed by atoms with Crippen LogP contribution in [-0.2, 0) is 32.3 Å². The largest absolute Gasteiger partial charge is 0.488 e. The average molecular weight is 618 g/mol. The number of ether oxygens (including phenoxy) is 4. The van der Waals surface area contributed by atoms with Crippen molar-refractivity contribution < 1.29 is 37.0 Å². The van der Waals surface area contributed by atoms with E-state index in [1.165, 1.54) is 29.5 Å². The summed E-state index contributed by atoms with van der Waals surface area (Å²) in [4.78, 5) is 33.0. The lowest BCUT2D eigenvalue weighted by Crippen LogP contribution is -2.39. The first-order chi connectivity index (χ1) is 19.7. The summed E-state index contributed by atoms with van der Waals surface area (Å²) < 4.78 is 47.1. The van der Waals surface area contributed by atoms with Crippen LogP contribution in [0, 0.1) is 0 Å². The standard InChI is InChI=1S/C29H35N3O8S2/c1-18(17-37-5)38-20-13-19(14-21(15-20)39-23-9-7-8-10-25(23)42(6,35)36)26(33)31-27-30-22-11-12-32(16-24(22)41-27)28(34)40-29(2,3)4/h7-10,13-15,18H,11-12,16-17H2,1-6H3,(H,30,31,33). The molecule has 1 aromatic heterocycles. The number of hydrogen-bond acceptors (Lipinski definition) is 10. The Labute approximate surface area is 249 Å². The molecule has 1 N–H and O–H groups in total. The maximum atomic E-state index is 13.4. The molecule has 13 heteroatoms. The molecule has 1 aliphatic rings. The number of thiazole rings is 1. The number of nitrogens with zero attached hydrogens (tertiary/aromatic N) is 2. The molecule has 0 bridgehead atoms. The van der Waals surface area contributed by atoms with E-state index in [-0.39, 0.29) is 28.1 Å². The van der Waals surface area contributed by atoms with Crippen LogP contribution in [0.2, 0.25) is 0 Å². The summed E-state index contributed by atoms with van der Waals surface area (Å²) in [6.45, 7) is 8.40. The molecule has 4 rings (SSSR count). The average Bonchev–Trinajstić information content (AvgIpc) is 3.29. The molecule has 1 aliphatic heterocycles. The van der Waals surface area contributed by atoms with Crippen molar-refractivity contribution in [2.45, 2.75) is 57.3 Å². The zero-order valence-corrected chi connectivity index (χ0v) is 26.1. The minimum absolute atomic E-state index is 0.0175. The lowest BCUT2D eigenvalue weighted by atomic mass is 10.2. The molecule has 2 amide bonds. The highest BCUT2D eigenvalue weighted by Crippen LogP contribution is 2.33. The third-order valence-electron chi connectivity index (χ3n) is 5.96. The quantitative estimate of drug-likeness (QED) is 0.340. The Balaban J connectivity index is 1.57. The summed E-state index contributed by atoms with van der Waals surface area (Å²) in [7, 11) is -2.01. The first-order valence-electron chi connectivity index (χ1n) is 13.3. The maximum absolute atomic E-state index is 13.4. The number of nitrogens with one attached hydrogen (secondary N) is 1. The number of sulfone groups is 1. The number of aromatic nitrogens is 1. The van der Waals surface area contributed by atoms with E-state index in [0.29, 0.717) is 37.0 Å². The van der Waals surface area contributed by atoms with Crippen molar-refractivity contribution in [2.75, 3.05) is 31.8 Å². The monoisotopic (exact) mass is 617 g/mol. The second-order valence-electron chi connectivity index (χ2n) is 10.9. The van der Waals surface area contributed by atoms with E-state index in [1.54, 1.807) is 36.3 Å². The van der Waals surface area contributed by atoms with Gasteiger partial charge in [-0.2, -0.15) is 0 Å². The van der Waals surface area contributed by atoms with Crippen LogP contribution >= 0.6 is 11.3 Å². The SMILES string of the molecule is COCC(C)Oc1cc(Oc2ccccc2S(C)(=O)=O)cc(C(=O)Nc2nc3c(s2)CN(C(=O)OC(C)(C)C)CC3)c1. The van der Waals surface area contributed by atoms with Crippen LogP contribution in [0.5, 0.6) is 17.2 Å². The van der Waals surface area contributed by atoms with E-state index in [2.05, 4.69) is 10.3 Å². The highest BCUT2D eigenvalue weighted by molar-refractivity contribution is 7.90. The van der Waals surface area contributed by atoms with Gasteiger partial charge in [0.15, 0.2) is 15.0 Å². The fraction of sp³-hybridized carbons (Fsp3) is 0.414. The lowest BCUT2D eigenvalue weighted by Gasteiger charge is -2.29. The molecule has 3 aromatic rings. The molecule has 1 atom stereocenters. The number of carbonyl (C=O) groups is 2. The highest BCUT2D eigenvalue weighted by Gasteiger charge is 2.28. The van der Waals surface area contributed by atoms with Crippen molar-refractivity contribution in [1.29, 1.82) is 0 Å². The fourth-order valence-electron chi connectivity index (χ4n) is 4.20. The molecule has 11 nitrogen and oxygen atoms in total. The second kappa shape index (κ2) is 12.7. The molecular formula is C29H35N3O8S2. The third-order valence-corrected chi connectivity index (χ3v) is 8.09. The van der Waals surface area contributed by atoms with Gasteiger partial charge in [-0.05, 0) is 52.0 Å². The Kier molecular flexibility index (Phi) is 9.43. The third kappa shape index (κ3) is 8.20. The van der Waals surface area contributed by atoms with E-state index in [4.69, 9.17) is 18.9 Å². The van der Waals surface area contributed by atoms with Crippen LogP contribution in [-0.4, -0.2) is 68.5 Å². The number of hydrogen-bond donors (Lipinski definition) is 1. The van der Waals surface area contributed by atoms with Crippen molar-refractivity contribution in [1.82, 2.24) is 9.88 Å².